The standard InChI is InChI=1S/C7H11N3/c1-10-5-9-4-6(10)7(8)2-3-7/h4-5H,2-3,8H2,1H3. The van der Waals surface area contributed by atoms with E-state index in [2.05, 4.69) is 4.98 Å². The van der Waals surface area contributed by atoms with Crippen LogP contribution in [-0.2, 0) is 12.6 Å². The predicted octanol–water partition coefficient (Wildman–Crippen LogP) is 0.368. The molecule has 54 valence electrons. The number of rotatable bonds is 1. The number of nitrogens with zero attached hydrogens (tertiary/aromatic N) is 2. The molecule has 0 radical (unpaired) electrons. The highest BCUT2D eigenvalue weighted by molar-refractivity contribution is 5.20. The average Bonchev–Trinajstić information content (AvgIpc) is 2.44. The van der Waals surface area contributed by atoms with Gasteiger partial charge in [0.1, 0.15) is 0 Å². The van der Waals surface area contributed by atoms with Crippen molar-refractivity contribution in [1.29, 1.82) is 0 Å². The molecular formula is C7H11N3. The van der Waals surface area contributed by atoms with Gasteiger partial charge in [-0.25, -0.2) is 4.98 Å². The van der Waals surface area contributed by atoms with Crippen LogP contribution < -0.4 is 5.73 Å². The van der Waals surface area contributed by atoms with E-state index >= 15 is 0 Å². The Hall–Kier alpha value is -0.830. The minimum absolute atomic E-state index is 0.0365. The number of hydrogen-bond acceptors (Lipinski definition) is 2. The van der Waals surface area contributed by atoms with Crippen LogP contribution in [0, 0.1) is 0 Å². The molecule has 2 rings (SSSR count). The molecule has 0 bridgehead atoms. The van der Waals surface area contributed by atoms with Gasteiger partial charge in [0.2, 0.25) is 0 Å². The summed E-state index contributed by atoms with van der Waals surface area (Å²) < 4.78 is 1.99. The zero-order valence-electron chi connectivity index (χ0n) is 6.04. The molecule has 0 atom stereocenters. The van der Waals surface area contributed by atoms with Gasteiger partial charge >= 0.3 is 0 Å². The molecule has 0 aromatic carbocycles. The summed E-state index contributed by atoms with van der Waals surface area (Å²) in [6.45, 7) is 0. The predicted molar refractivity (Wildman–Crippen MR) is 38.3 cm³/mol. The summed E-state index contributed by atoms with van der Waals surface area (Å²) in [5.74, 6) is 0. The third kappa shape index (κ3) is 0.671. The number of aromatic nitrogens is 2. The molecule has 1 aromatic rings. The summed E-state index contributed by atoms with van der Waals surface area (Å²) in [6.07, 6.45) is 5.86. The fourth-order valence-corrected chi connectivity index (χ4v) is 1.23. The zero-order chi connectivity index (χ0) is 7.19. The van der Waals surface area contributed by atoms with Gasteiger partial charge in [0.05, 0.1) is 17.6 Å². The Morgan fingerprint density at radius 2 is 2.40 bits per heavy atom. The van der Waals surface area contributed by atoms with Gasteiger partial charge in [-0.05, 0) is 12.8 Å². The molecule has 0 amide bonds. The molecule has 0 aliphatic heterocycles. The molecule has 1 aliphatic carbocycles. The quantitative estimate of drug-likeness (QED) is 0.607. The average molecular weight is 137 g/mol. The van der Waals surface area contributed by atoms with Crippen molar-refractivity contribution in [2.24, 2.45) is 12.8 Å². The lowest BCUT2D eigenvalue weighted by molar-refractivity contribution is 0.658. The van der Waals surface area contributed by atoms with Crippen molar-refractivity contribution >= 4 is 0 Å². The van der Waals surface area contributed by atoms with Crippen LogP contribution in [0.3, 0.4) is 0 Å². The molecule has 1 fully saturated rings. The van der Waals surface area contributed by atoms with E-state index in [0.717, 1.165) is 18.5 Å². The van der Waals surface area contributed by atoms with Crippen molar-refractivity contribution in [3.05, 3.63) is 18.2 Å². The fourth-order valence-electron chi connectivity index (χ4n) is 1.23. The van der Waals surface area contributed by atoms with Gasteiger partial charge in [-0.1, -0.05) is 0 Å². The van der Waals surface area contributed by atoms with Gasteiger partial charge in [0, 0.05) is 13.2 Å². The molecule has 1 heterocycles. The van der Waals surface area contributed by atoms with Crippen LogP contribution in [0.15, 0.2) is 12.5 Å². The minimum atomic E-state index is -0.0365. The van der Waals surface area contributed by atoms with Gasteiger partial charge in [0.25, 0.3) is 0 Å². The van der Waals surface area contributed by atoms with Crippen molar-refractivity contribution in [1.82, 2.24) is 9.55 Å². The van der Waals surface area contributed by atoms with Gasteiger partial charge in [0.15, 0.2) is 0 Å². The maximum Gasteiger partial charge on any atom is 0.0946 e. The second kappa shape index (κ2) is 1.61. The van der Waals surface area contributed by atoms with Crippen molar-refractivity contribution in [3.63, 3.8) is 0 Å². The summed E-state index contributed by atoms with van der Waals surface area (Å²) >= 11 is 0. The van der Waals surface area contributed by atoms with E-state index in [1.54, 1.807) is 6.33 Å². The van der Waals surface area contributed by atoms with E-state index in [4.69, 9.17) is 5.73 Å². The normalized spacial score (nSPS) is 21.0. The van der Waals surface area contributed by atoms with E-state index in [0.29, 0.717) is 0 Å². The molecular weight excluding hydrogens is 126 g/mol. The number of nitrogens with two attached hydrogens (primary N) is 1. The summed E-state index contributed by atoms with van der Waals surface area (Å²) in [6, 6.07) is 0. The van der Waals surface area contributed by atoms with Crippen LogP contribution in [0.25, 0.3) is 0 Å². The SMILES string of the molecule is Cn1cncc1C1(N)CC1. The molecule has 0 unspecified atom stereocenters. The second-order valence-corrected chi connectivity index (χ2v) is 3.05. The van der Waals surface area contributed by atoms with E-state index < -0.39 is 0 Å². The highest BCUT2D eigenvalue weighted by atomic mass is 15.1. The van der Waals surface area contributed by atoms with Crippen LogP contribution in [0.2, 0.25) is 0 Å². The van der Waals surface area contributed by atoms with Gasteiger partial charge in [-0.15, -0.1) is 0 Å². The van der Waals surface area contributed by atoms with E-state index in [-0.39, 0.29) is 5.54 Å². The monoisotopic (exact) mass is 137 g/mol. The first-order chi connectivity index (χ1) is 4.72. The maximum atomic E-state index is 5.95. The summed E-state index contributed by atoms with van der Waals surface area (Å²) in [4.78, 5) is 4.01. The lowest BCUT2D eigenvalue weighted by Gasteiger charge is -2.07. The van der Waals surface area contributed by atoms with Gasteiger partial charge < -0.3 is 10.3 Å². The maximum absolute atomic E-state index is 5.95. The molecule has 0 saturated heterocycles. The molecule has 0 spiro atoms. The topological polar surface area (TPSA) is 43.8 Å². The molecule has 10 heavy (non-hydrogen) atoms. The minimum Gasteiger partial charge on any atom is -0.336 e. The fraction of sp³-hybridized carbons (Fsp3) is 0.571. The van der Waals surface area contributed by atoms with Crippen molar-refractivity contribution in [3.8, 4) is 0 Å². The molecule has 1 saturated carbocycles. The third-order valence-electron chi connectivity index (χ3n) is 2.12. The molecule has 3 heteroatoms. The lowest BCUT2D eigenvalue weighted by atomic mass is 10.2. The van der Waals surface area contributed by atoms with Crippen LogP contribution in [0.1, 0.15) is 18.5 Å². The molecule has 1 aliphatic rings. The highest BCUT2D eigenvalue weighted by Crippen LogP contribution is 2.41. The van der Waals surface area contributed by atoms with Crippen LogP contribution in [-0.4, -0.2) is 9.55 Å². The zero-order valence-corrected chi connectivity index (χ0v) is 6.04. The van der Waals surface area contributed by atoms with Crippen LogP contribution >= 0.6 is 0 Å². The Morgan fingerprint density at radius 3 is 2.80 bits per heavy atom. The number of aryl methyl sites for hydroxylation is 1. The first kappa shape index (κ1) is 5.92. The van der Waals surface area contributed by atoms with E-state index in [9.17, 15) is 0 Å². The van der Waals surface area contributed by atoms with E-state index in [1.807, 2.05) is 17.8 Å². The Labute approximate surface area is 59.9 Å². The highest BCUT2D eigenvalue weighted by Gasteiger charge is 2.42. The smallest absolute Gasteiger partial charge is 0.0946 e. The van der Waals surface area contributed by atoms with Gasteiger partial charge in [-0.3, -0.25) is 0 Å². The largest absolute Gasteiger partial charge is 0.336 e. The molecule has 1 aromatic heterocycles. The Morgan fingerprint density at radius 1 is 1.70 bits per heavy atom. The lowest BCUT2D eigenvalue weighted by Crippen LogP contribution is -2.21. The summed E-state index contributed by atoms with van der Waals surface area (Å²) in [5, 5.41) is 0. The Bertz CT molecular complexity index is 247. The first-order valence-corrected chi connectivity index (χ1v) is 3.48. The second-order valence-electron chi connectivity index (χ2n) is 3.05. The van der Waals surface area contributed by atoms with Gasteiger partial charge in [-0.2, -0.15) is 0 Å². The number of hydrogen-bond donors (Lipinski definition) is 1. The summed E-state index contributed by atoms with van der Waals surface area (Å²) in [5.41, 5.74) is 7.08. The van der Waals surface area contributed by atoms with Crippen molar-refractivity contribution in [2.75, 3.05) is 0 Å². The van der Waals surface area contributed by atoms with E-state index in [1.165, 1.54) is 0 Å². The number of imidazole rings is 1. The molecule has 2 N–H and O–H groups in total. The first-order valence-electron chi connectivity index (χ1n) is 3.48. The molecule has 3 nitrogen and oxygen atoms in total. The third-order valence-corrected chi connectivity index (χ3v) is 2.12. The Kier molecular flexibility index (Phi) is 0.951. The van der Waals surface area contributed by atoms with Crippen LogP contribution in [0.4, 0.5) is 0 Å². The van der Waals surface area contributed by atoms with Crippen molar-refractivity contribution in [2.45, 2.75) is 18.4 Å². The summed E-state index contributed by atoms with van der Waals surface area (Å²) in [7, 11) is 1.98. The Balaban J connectivity index is 2.42. The van der Waals surface area contributed by atoms with Crippen molar-refractivity contribution < 1.29 is 0 Å². The van der Waals surface area contributed by atoms with Crippen LogP contribution in [0.5, 0.6) is 0 Å².